The molecule has 7 nitrogen and oxygen atoms in total. The Kier molecular flexibility index (Phi) is 11.5. The largest absolute Gasteiger partial charge is 0.491 e. The highest BCUT2D eigenvalue weighted by atomic mass is 16.6. The average molecular weight is 475 g/mol. The number of benzene rings is 2. The summed E-state index contributed by atoms with van der Waals surface area (Å²) in [6.45, 7) is 10.5. The van der Waals surface area contributed by atoms with Crippen LogP contribution in [-0.4, -0.2) is 63.9 Å². The van der Waals surface area contributed by atoms with Gasteiger partial charge in [0.1, 0.15) is 24.6 Å². The molecule has 0 aliphatic rings. The molecule has 0 saturated carbocycles. The van der Waals surface area contributed by atoms with Crippen LogP contribution in [0.1, 0.15) is 38.8 Å². The number of rotatable bonds is 15. The van der Waals surface area contributed by atoms with Gasteiger partial charge in [-0.2, -0.15) is 0 Å². The van der Waals surface area contributed by atoms with Crippen molar-refractivity contribution in [3.8, 4) is 5.75 Å². The predicted octanol–water partition coefficient (Wildman–Crippen LogP) is 3.96. The molecule has 0 aromatic heterocycles. The second-order valence-electron chi connectivity index (χ2n) is 9.03. The van der Waals surface area contributed by atoms with Crippen molar-refractivity contribution in [2.24, 2.45) is 5.41 Å². The smallest absolute Gasteiger partial charge is 0.311 e. The van der Waals surface area contributed by atoms with Gasteiger partial charge in [0.05, 0.1) is 45.1 Å². The van der Waals surface area contributed by atoms with Gasteiger partial charge in [0, 0.05) is 0 Å². The van der Waals surface area contributed by atoms with E-state index in [0.717, 1.165) is 16.9 Å². The molecule has 188 valence electrons. The molecule has 1 unspecified atom stereocenters. The fourth-order valence-corrected chi connectivity index (χ4v) is 2.98. The molecular formula is C27H38O7. The van der Waals surface area contributed by atoms with Crippen LogP contribution in [0.3, 0.4) is 0 Å². The van der Waals surface area contributed by atoms with E-state index in [9.17, 15) is 9.90 Å². The predicted molar refractivity (Wildman–Crippen MR) is 130 cm³/mol. The van der Waals surface area contributed by atoms with E-state index in [4.69, 9.17) is 23.7 Å². The first kappa shape index (κ1) is 27.8. The summed E-state index contributed by atoms with van der Waals surface area (Å²) in [5.41, 5.74) is 0.0814. The molecule has 2 aromatic rings. The van der Waals surface area contributed by atoms with Gasteiger partial charge in [0.15, 0.2) is 0 Å². The number of aliphatic hydroxyl groups is 1. The second kappa shape index (κ2) is 14.1. The van der Waals surface area contributed by atoms with E-state index in [0.29, 0.717) is 46.2 Å². The highest BCUT2D eigenvalue weighted by molar-refractivity contribution is 5.75. The van der Waals surface area contributed by atoms with Gasteiger partial charge < -0.3 is 28.8 Å². The summed E-state index contributed by atoms with van der Waals surface area (Å²) in [5.74, 6) is 0.486. The van der Waals surface area contributed by atoms with Gasteiger partial charge in [-0.3, -0.25) is 4.79 Å². The van der Waals surface area contributed by atoms with Crippen LogP contribution < -0.4 is 4.74 Å². The number of carbonyl (C=O) groups is 1. The molecule has 0 saturated heterocycles. The van der Waals surface area contributed by atoms with E-state index < -0.39 is 11.0 Å². The molecule has 0 bridgehead atoms. The Morgan fingerprint density at radius 3 is 1.68 bits per heavy atom. The molecule has 2 aromatic carbocycles. The van der Waals surface area contributed by atoms with Crippen LogP contribution in [-0.2, 0) is 29.3 Å². The fourth-order valence-electron chi connectivity index (χ4n) is 2.98. The standard InChI is InChI=1S/C27H38O7/c1-26(2,3)25(28)34-21-19-32-17-15-30-14-16-31-18-20-33-24-12-10-23(11-13-24)27(4,29)22-8-6-5-7-9-22/h5-13,29H,14-21H2,1-4H3. The van der Waals surface area contributed by atoms with Gasteiger partial charge >= 0.3 is 5.97 Å². The van der Waals surface area contributed by atoms with Crippen LogP contribution in [0, 0.1) is 5.41 Å². The van der Waals surface area contributed by atoms with Crippen molar-refractivity contribution in [1.82, 2.24) is 0 Å². The zero-order valence-corrected chi connectivity index (χ0v) is 20.7. The van der Waals surface area contributed by atoms with Crippen LogP contribution >= 0.6 is 0 Å². The number of carbonyl (C=O) groups excluding carboxylic acids is 1. The molecule has 0 radical (unpaired) electrons. The van der Waals surface area contributed by atoms with Gasteiger partial charge in [-0.1, -0.05) is 42.5 Å². The van der Waals surface area contributed by atoms with Crippen LogP contribution in [0.15, 0.2) is 54.6 Å². The molecule has 0 aliphatic heterocycles. The summed E-state index contributed by atoms with van der Waals surface area (Å²) in [6, 6.07) is 17.0. The van der Waals surface area contributed by atoms with E-state index >= 15 is 0 Å². The van der Waals surface area contributed by atoms with Crippen molar-refractivity contribution in [1.29, 1.82) is 0 Å². The Labute approximate surface area is 202 Å². The molecule has 0 heterocycles. The lowest BCUT2D eigenvalue weighted by atomic mass is 9.88. The summed E-state index contributed by atoms with van der Waals surface area (Å²) in [5, 5.41) is 10.9. The molecule has 7 heteroatoms. The van der Waals surface area contributed by atoms with E-state index in [1.807, 2.05) is 75.4 Å². The third-order valence-corrected chi connectivity index (χ3v) is 5.07. The van der Waals surface area contributed by atoms with Crippen molar-refractivity contribution >= 4 is 5.97 Å². The normalized spacial score (nSPS) is 13.3. The Morgan fingerprint density at radius 1 is 0.676 bits per heavy atom. The lowest BCUT2D eigenvalue weighted by Gasteiger charge is -2.24. The second-order valence-corrected chi connectivity index (χ2v) is 9.03. The molecule has 34 heavy (non-hydrogen) atoms. The van der Waals surface area contributed by atoms with Crippen molar-refractivity contribution in [3.63, 3.8) is 0 Å². The number of hydrogen-bond acceptors (Lipinski definition) is 7. The molecule has 0 amide bonds. The lowest BCUT2D eigenvalue weighted by Crippen LogP contribution is -2.24. The average Bonchev–Trinajstić information content (AvgIpc) is 2.82. The maximum Gasteiger partial charge on any atom is 0.311 e. The Balaban J connectivity index is 1.48. The highest BCUT2D eigenvalue weighted by Gasteiger charge is 2.25. The van der Waals surface area contributed by atoms with Gasteiger partial charge in [-0.05, 0) is 51.0 Å². The molecule has 0 fully saturated rings. The third kappa shape index (κ3) is 9.81. The summed E-state index contributed by atoms with van der Waals surface area (Å²) >= 11 is 0. The maximum atomic E-state index is 11.6. The van der Waals surface area contributed by atoms with Crippen LogP contribution in [0.2, 0.25) is 0 Å². The molecule has 1 N–H and O–H groups in total. The van der Waals surface area contributed by atoms with Crippen LogP contribution in [0.25, 0.3) is 0 Å². The minimum atomic E-state index is -1.06. The monoisotopic (exact) mass is 474 g/mol. The third-order valence-electron chi connectivity index (χ3n) is 5.07. The van der Waals surface area contributed by atoms with Gasteiger partial charge in [0.2, 0.25) is 0 Å². The van der Waals surface area contributed by atoms with Crippen molar-refractivity contribution < 1.29 is 33.6 Å². The first-order valence-electron chi connectivity index (χ1n) is 11.6. The summed E-state index contributed by atoms with van der Waals surface area (Å²) < 4.78 is 27.1. The number of ether oxygens (including phenoxy) is 5. The number of hydrogen-bond donors (Lipinski definition) is 1. The SMILES string of the molecule is CC(C)(C)C(=O)OCCOCCOCCOCCOc1ccc(C(C)(O)c2ccccc2)cc1. The zero-order valence-electron chi connectivity index (χ0n) is 20.7. The summed E-state index contributed by atoms with van der Waals surface area (Å²) in [6.07, 6.45) is 0. The van der Waals surface area contributed by atoms with E-state index in [1.165, 1.54) is 0 Å². The Morgan fingerprint density at radius 2 is 1.15 bits per heavy atom. The van der Waals surface area contributed by atoms with Crippen molar-refractivity contribution in [2.75, 3.05) is 52.9 Å². The van der Waals surface area contributed by atoms with Crippen LogP contribution in [0.5, 0.6) is 5.75 Å². The maximum absolute atomic E-state index is 11.6. The van der Waals surface area contributed by atoms with E-state index in [1.54, 1.807) is 6.92 Å². The van der Waals surface area contributed by atoms with Gasteiger partial charge in [-0.25, -0.2) is 0 Å². The number of esters is 1. The summed E-state index contributed by atoms with van der Waals surface area (Å²) in [7, 11) is 0. The zero-order chi connectivity index (χ0) is 24.9. The minimum Gasteiger partial charge on any atom is -0.491 e. The Bertz CT molecular complexity index is 826. The van der Waals surface area contributed by atoms with E-state index in [-0.39, 0.29) is 12.6 Å². The van der Waals surface area contributed by atoms with Crippen molar-refractivity contribution in [2.45, 2.75) is 33.3 Å². The van der Waals surface area contributed by atoms with E-state index in [2.05, 4.69) is 0 Å². The first-order chi connectivity index (χ1) is 16.2. The fraction of sp³-hybridized carbons (Fsp3) is 0.519. The quantitative estimate of drug-likeness (QED) is 0.309. The van der Waals surface area contributed by atoms with Crippen molar-refractivity contribution in [3.05, 3.63) is 65.7 Å². The minimum absolute atomic E-state index is 0.235. The first-order valence-corrected chi connectivity index (χ1v) is 11.6. The molecular weight excluding hydrogens is 436 g/mol. The highest BCUT2D eigenvalue weighted by Crippen LogP contribution is 2.30. The Hall–Kier alpha value is -2.45. The molecule has 1 atom stereocenters. The summed E-state index contributed by atoms with van der Waals surface area (Å²) in [4.78, 5) is 11.6. The van der Waals surface area contributed by atoms with Crippen LogP contribution in [0.4, 0.5) is 0 Å². The van der Waals surface area contributed by atoms with Gasteiger partial charge in [0.25, 0.3) is 0 Å². The molecule has 2 rings (SSSR count). The topological polar surface area (TPSA) is 83.5 Å². The lowest BCUT2D eigenvalue weighted by molar-refractivity contribution is -0.154. The molecule has 0 aliphatic carbocycles. The molecule has 0 spiro atoms. The van der Waals surface area contributed by atoms with Gasteiger partial charge in [-0.15, -0.1) is 0 Å².